The predicted octanol–water partition coefficient (Wildman–Crippen LogP) is 3.42. The van der Waals surface area contributed by atoms with Crippen LogP contribution in [0.25, 0.3) is 0 Å². The minimum Gasteiger partial charge on any atom is -0.497 e. The predicted molar refractivity (Wildman–Crippen MR) is 75.6 cm³/mol. The van der Waals surface area contributed by atoms with Gasteiger partial charge in [-0.05, 0) is 42.5 Å². The summed E-state index contributed by atoms with van der Waals surface area (Å²) in [5, 5.41) is 3.07. The van der Waals surface area contributed by atoms with Crippen LogP contribution in [0.1, 0.15) is 15.9 Å². The Balaban J connectivity index is 2.02. The lowest BCUT2D eigenvalue weighted by molar-refractivity contribution is 0.0950. The molecule has 0 spiro atoms. The van der Waals surface area contributed by atoms with Gasteiger partial charge < -0.3 is 10.1 Å². The second kappa shape index (κ2) is 6.39. The van der Waals surface area contributed by atoms with E-state index in [0.717, 1.165) is 0 Å². The number of halogens is 2. The number of amides is 1. The molecule has 2 aromatic carbocycles. The molecule has 5 heteroatoms. The third kappa shape index (κ3) is 3.48. The molecule has 0 unspecified atom stereocenters. The van der Waals surface area contributed by atoms with Crippen LogP contribution in [0.4, 0.5) is 4.39 Å². The molecule has 0 aliphatic carbocycles. The van der Waals surface area contributed by atoms with Gasteiger partial charge in [0.25, 0.3) is 5.91 Å². The van der Waals surface area contributed by atoms with Crippen LogP contribution >= 0.6 is 11.6 Å². The number of methoxy groups -OCH3 is 1. The molecule has 1 N–H and O–H groups in total. The Morgan fingerprint density at radius 3 is 2.60 bits per heavy atom. The SMILES string of the molecule is COc1ccc(C(=O)NCc2cc(Cl)ccc2F)cc1. The minimum absolute atomic E-state index is 0.0806. The van der Waals surface area contributed by atoms with Crippen molar-refractivity contribution in [1.82, 2.24) is 5.32 Å². The van der Waals surface area contributed by atoms with Crippen LogP contribution in [-0.2, 0) is 6.54 Å². The second-order valence-corrected chi connectivity index (χ2v) is 4.58. The number of rotatable bonds is 4. The molecule has 3 nitrogen and oxygen atoms in total. The third-order valence-corrected chi connectivity index (χ3v) is 3.03. The van der Waals surface area contributed by atoms with Gasteiger partial charge in [-0.15, -0.1) is 0 Å². The summed E-state index contributed by atoms with van der Waals surface area (Å²) in [6.07, 6.45) is 0. The maximum absolute atomic E-state index is 13.5. The van der Waals surface area contributed by atoms with E-state index in [1.807, 2.05) is 0 Å². The van der Waals surface area contributed by atoms with E-state index in [9.17, 15) is 9.18 Å². The fourth-order valence-electron chi connectivity index (χ4n) is 1.70. The second-order valence-electron chi connectivity index (χ2n) is 4.15. The Kier molecular flexibility index (Phi) is 4.58. The van der Waals surface area contributed by atoms with E-state index in [2.05, 4.69) is 5.32 Å². The Bertz CT molecular complexity index is 614. The Hall–Kier alpha value is -2.07. The summed E-state index contributed by atoms with van der Waals surface area (Å²) in [6.45, 7) is 0.0806. The summed E-state index contributed by atoms with van der Waals surface area (Å²) in [5.41, 5.74) is 0.826. The van der Waals surface area contributed by atoms with Gasteiger partial charge in [-0.3, -0.25) is 4.79 Å². The molecule has 0 radical (unpaired) electrons. The van der Waals surface area contributed by atoms with Crippen molar-refractivity contribution in [2.24, 2.45) is 0 Å². The van der Waals surface area contributed by atoms with E-state index in [-0.39, 0.29) is 12.5 Å². The molecule has 0 aromatic heterocycles. The van der Waals surface area contributed by atoms with Crippen molar-refractivity contribution in [2.75, 3.05) is 7.11 Å². The average molecular weight is 294 g/mol. The highest BCUT2D eigenvalue weighted by Crippen LogP contribution is 2.15. The van der Waals surface area contributed by atoms with Gasteiger partial charge >= 0.3 is 0 Å². The van der Waals surface area contributed by atoms with Crippen LogP contribution < -0.4 is 10.1 Å². The minimum atomic E-state index is -0.399. The molecule has 0 heterocycles. The number of benzene rings is 2. The molecule has 0 bridgehead atoms. The third-order valence-electron chi connectivity index (χ3n) is 2.80. The van der Waals surface area contributed by atoms with E-state index >= 15 is 0 Å². The summed E-state index contributed by atoms with van der Waals surface area (Å²) < 4.78 is 18.5. The molecular weight excluding hydrogens is 281 g/mol. The first kappa shape index (κ1) is 14.3. The zero-order chi connectivity index (χ0) is 14.5. The van der Waals surface area contributed by atoms with Gasteiger partial charge in [0.05, 0.1) is 7.11 Å². The maximum Gasteiger partial charge on any atom is 0.251 e. The van der Waals surface area contributed by atoms with Gasteiger partial charge in [-0.2, -0.15) is 0 Å². The van der Waals surface area contributed by atoms with Crippen LogP contribution in [0, 0.1) is 5.82 Å². The van der Waals surface area contributed by atoms with Crippen molar-refractivity contribution in [1.29, 1.82) is 0 Å². The van der Waals surface area contributed by atoms with Gasteiger partial charge in [0, 0.05) is 22.7 Å². The van der Waals surface area contributed by atoms with Gasteiger partial charge in [0.2, 0.25) is 0 Å². The quantitative estimate of drug-likeness (QED) is 0.938. The molecule has 0 fully saturated rings. The Labute approximate surface area is 121 Å². The van der Waals surface area contributed by atoms with Crippen molar-refractivity contribution >= 4 is 17.5 Å². The summed E-state index contributed by atoms with van der Waals surface area (Å²) in [4.78, 5) is 11.9. The summed E-state index contributed by atoms with van der Waals surface area (Å²) in [5.74, 6) is -0.0149. The first-order chi connectivity index (χ1) is 9.60. The van der Waals surface area contributed by atoms with Crippen molar-refractivity contribution in [3.63, 3.8) is 0 Å². The fourth-order valence-corrected chi connectivity index (χ4v) is 1.89. The molecule has 20 heavy (non-hydrogen) atoms. The van der Waals surface area contributed by atoms with Crippen molar-refractivity contribution in [3.05, 3.63) is 64.4 Å². The number of carbonyl (C=O) groups excluding carboxylic acids is 1. The lowest BCUT2D eigenvalue weighted by atomic mass is 10.2. The molecule has 2 rings (SSSR count). The molecule has 1 amide bonds. The van der Waals surface area contributed by atoms with Gasteiger partial charge in [-0.1, -0.05) is 11.6 Å². The van der Waals surface area contributed by atoms with Gasteiger partial charge in [0.15, 0.2) is 0 Å². The van der Waals surface area contributed by atoms with Crippen LogP contribution in [0.15, 0.2) is 42.5 Å². The van der Waals surface area contributed by atoms with Crippen LogP contribution in [0.2, 0.25) is 5.02 Å². The van der Waals surface area contributed by atoms with E-state index in [1.165, 1.54) is 18.2 Å². The smallest absolute Gasteiger partial charge is 0.251 e. The van der Waals surface area contributed by atoms with Crippen molar-refractivity contribution in [2.45, 2.75) is 6.54 Å². The van der Waals surface area contributed by atoms with Gasteiger partial charge in [0.1, 0.15) is 11.6 Å². The highest BCUT2D eigenvalue weighted by atomic mass is 35.5. The average Bonchev–Trinajstić information content (AvgIpc) is 2.48. The van der Waals surface area contributed by atoms with Crippen molar-refractivity contribution in [3.8, 4) is 5.75 Å². The standard InChI is InChI=1S/C15H13ClFNO2/c1-20-13-5-2-10(3-6-13)15(19)18-9-11-8-12(16)4-7-14(11)17/h2-8H,9H2,1H3,(H,18,19). The van der Waals surface area contributed by atoms with E-state index in [4.69, 9.17) is 16.3 Å². The van der Waals surface area contributed by atoms with E-state index < -0.39 is 5.82 Å². The first-order valence-corrected chi connectivity index (χ1v) is 6.34. The Morgan fingerprint density at radius 1 is 1.25 bits per heavy atom. The summed E-state index contributed by atoms with van der Waals surface area (Å²) >= 11 is 5.79. The molecule has 104 valence electrons. The zero-order valence-electron chi connectivity index (χ0n) is 10.8. The molecule has 0 aliphatic heterocycles. The lowest BCUT2D eigenvalue weighted by Crippen LogP contribution is -2.23. The summed E-state index contributed by atoms with van der Waals surface area (Å²) in [6, 6.07) is 10.9. The zero-order valence-corrected chi connectivity index (χ0v) is 11.6. The lowest BCUT2D eigenvalue weighted by Gasteiger charge is -2.07. The van der Waals surface area contributed by atoms with E-state index in [1.54, 1.807) is 31.4 Å². The molecule has 2 aromatic rings. The molecule has 0 saturated carbocycles. The molecular formula is C15H13ClFNO2. The highest BCUT2D eigenvalue weighted by molar-refractivity contribution is 6.30. The monoisotopic (exact) mass is 293 g/mol. The summed E-state index contributed by atoms with van der Waals surface area (Å²) in [7, 11) is 1.55. The van der Waals surface area contributed by atoms with Gasteiger partial charge in [-0.25, -0.2) is 4.39 Å². The topological polar surface area (TPSA) is 38.3 Å². The number of hydrogen-bond donors (Lipinski definition) is 1. The molecule has 0 aliphatic rings. The largest absolute Gasteiger partial charge is 0.497 e. The van der Waals surface area contributed by atoms with Crippen LogP contribution in [0.3, 0.4) is 0 Å². The Morgan fingerprint density at radius 2 is 1.95 bits per heavy atom. The number of hydrogen-bond acceptors (Lipinski definition) is 2. The number of carbonyl (C=O) groups is 1. The highest BCUT2D eigenvalue weighted by Gasteiger charge is 2.08. The van der Waals surface area contributed by atoms with Crippen molar-refractivity contribution < 1.29 is 13.9 Å². The van der Waals surface area contributed by atoms with E-state index in [0.29, 0.717) is 21.9 Å². The van der Waals surface area contributed by atoms with Crippen LogP contribution in [-0.4, -0.2) is 13.0 Å². The molecule has 0 saturated heterocycles. The normalized spacial score (nSPS) is 10.2. The molecule has 0 atom stereocenters. The first-order valence-electron chi connectivity index (χ1n) is 5.96. The van der Waals surface area contributed by atoms with Crippen LogP contribution in [0.5, 0.6) is 5.75 Å². The number of nitrogens with one attached hydrogen (secondary N) is 1. The fraction of sp³-hybridized carbons (Fsp3) is 0.133. The maximum atomic E-state index is 13.5. The number of ether oxygens (including phenoxy) is 1.